The molecular formula is C17H17ClF3NO4. The van der Waals surface area contributed by atoms with E-state index in [4.69, 9.17) is 21.1 Å². The summed E-state index contributed by atoms with van der Waals surface area (Å²) in [7, 11) is 1.46. The summed E-state index contributed by atoms with van der Waals surface area (Å²) in [5.41, 5.74) is -1.22. The van der Waals surface area contributed by atoms with Gasteiger partial charge in [-0.3, -0.25) is 4.79 Å². The van der Waals surface area contributed by atoms with Crippen molar-refractivity contribution in [2.24, 2.45) is 0 Å². The average molecular weight is 392 g/mol. The first kappa shape index (κ1) is 19.0. The van der Waals surface area contributed by atoms with Gasteiger partial charge in [-0.2, -0.15) is 13.2 Å². The van der Waals surface area contributed by atoms with Crippen molar-refractivity contribution < 1.29 is 32.5 Å². The predicted molar refractivity (Wildman–Crippen MR) is 88.4 cm³/mol. The number of hydrogen-bond acceptors (Lipinski definition) is 3. The molecule has 2 heterocycles. The maximum Gasteiger partial charge on any atom is 0.417 e. The van der Waals surface area contributed by atoms with Crippen LogP contribution in [0.4, 0.5) is 13.2 Å². The summed E-state index contributed by atoms with van der Waals surface area (Å²) in [4.78, 5) is 14.3. The highest BCUT2D eigenvalue weighted by molar-refractivity contribution is 6.35. The molecule has 0 spiro atoms. The van der Waals surface area contributed by atoms with Crippen molar-refractivity contribution in [2.45, 2.75) is 31.0 Å². The molecular weight excluding hydrogens is 375 g/mol. The van der Waals surface area contributed by atoms with Crippen LogP contribution in [0.15, 0.2) is 12.1 Å². The fourth-order valence-electron chi connectivity index (χ4n) is 3.57. The number of fused-ring (bicyclic) bond motifs is 3. The van der Waals surface area contributed by atoms with Crippen molar-refractivity contribution in [3.8, 4) is 0 Å². The summed E-state index contributed by atoms with van der Waals surface area (Å²) >= 11 is 6.12. The first-order valence-electron chi connectivity index (χ1n) is 7.95. The lowest BCUT2D eigenvalue weighted by molar-refractivity contribution is -0.150. The number of benzene rings is 1. The molecule has 1 aromatic heterocycles. The normalized spacial score (nSPS) is 20.3. The van der Waals surface area contributed by atoms with E-state index in [9.17, 15) is 23.1 Å². The average Bonchev–Trinajstić information content (AvgIpc) is 2.94. The molecule has 0 aliphatic carbocycles. The monoisotopic (exact) mass is 391 g/mol. The van der Waals surface area contributed by atoms with Crippen molar-refractivity contribution in [1.29, 1.82) is 0 Å². The summed E-state index contributed by atoms with van der Waals surface area (Å²) in [5, 5.41) is 9.45. The predicted octanol–water partition coefficient (Wildman–Crippen LogP) is 4.12. The number of H-pyrrole nitrogens is 1. The van der Waals surface area contributed by atoms with Gasteiger partial charge in [0.2, 0.25) is 0 Å². The molecule has 1 aromatic carbocycles. The third-order valence-corrected chi connectivity index (χ3v) is 4.96. The van der Waals surface area contributed by atoms with Gasteiger partial charge in [0.25, 0.3) is 0 Å². The van der Waals surface area contributed by atoms with E-state index in [-0.39, 0.29) is 42.0 Å². The Labute approximate surface area is 152 Å². The second-order valence-electron chi connectivity index (χ2n) is 6.23. The van der Waals surface area contributed by atoms with Crippen LogP contribution in [0.3, 0.4) is 0 Å². The van der Waals surface area contributed by atoms with E-state index in [1.165, 1.54) is 13.2 Å². The highest BCUT2D eigenvalue weighted by Crippen LogP contribution is 2.46. The number of aromatic amines is 1. The van der Waals surface area contributed by atoms with Crippen molar-refractivity contribution >= 4 is 28.5 Å². The number of ether oxygens (including phenoxy) is 2. The lowest BCUT2D eigenvalue weighted by Gasteiger charge is -2.36. The maximum atomic E-state index is 13.5. The van der Waals surface area contributed by atoms with E-state index >= 15 is 0 Å². The number of alkyl halides is 3. The molecule has 1 aliphatic heterocycles. The van der Waals surface area contributed by atoms with E-state index in [0.29, 0.717) is 11.3 Å². The SMILES string of the molecule is COCCC1(CC(=O)O)OCCc2c1[nH]c1c(Cl)ccc(C(F)(F)F)c21. The van der Waals surface area contributed by atoms with Gasteiger partial charge in [-0.05, 0) is 24.1 Å². The molecule has 1 atom stereocenters. The van der Waals surface area contributed by atoms with Gasteiger partial charge < -0.3 is 19.6 Å². The number of rotatable bonds is 5. The van der Waals surface area contributed by atoms with Gasteiger partial charge >= 0.3 is 12.1 Å². The summed E-state index contributed by atoms with van der Waals surface area (Å²) in [6.07, 6.45) is -4.53. The van der Waals surface area contributed by atoms with Crippen LogP contribution in [-0.4, -0.2) is 36.4 Å². The Balaban J connectivity index is 2.29. The molecule has 9 heteroatoms. The van der Waals surface area contributed by atoms with Crippen molar-refractivity contribution in [3.63, 3.8) is 0 Å². The van der Waals surface area contributed by atoms with E-state index in [1.807, 2.05) is 0 Å². The molecule has 26 heavy (non-hydrogen) atoms. The van der Waals surface area contributed by atoms with E-state index in [2.05, 4.69) is 4.98 Å². The van der Waals surface area contributed by atoms with Gasteiger partial charge in [-0.1, -0.05) is 11.6 Å². The minimum Gasteiger partial charge on any atom is -0.481 e. The van der Waals surface area contributed by atoms with E-state index in [0.717, 1.165) is 6.07 Å². The van der Waals surface area contributed by atoms with Crippen molar-refractivity contribution in [2.75, 3.05) is 20.3 Å². The van der Waals surface area contributed by atoms with Gasteiger partial charge in [-0.15, -0.1) is 0 Å². The Morgan fingerprint density at radius 1 is 1.46 bits per heavy atom. The van der Waals surface area contributed by atoms with Crippen LogP contribution < -0.4 is 0 Å². The minimum absolute atomic E-state index is 0.0181. The Bertz CT molecular complexity index is 849. The molecule has 1 aliphatic rings. The zero-order valence-electron chi connectivity index (χ0n) is 13.9. The Morgan fingerprint density at radius 3 is 2.81 bits per heavy atom. The molecule has 5 nitrogen and oxygen atoms in total. The van der Waals surface area contributed by atoms with Crippen molar-refractivity contribution in [3.05, 3.63) is 34.0 Å². The Morgan fingerprint density at radius 2 is 2.19 bits per heavy atom. The summed E-state index contributed by atoms with van der Waals surface area (Å²) in [5.74, 6) is -1.12. The number of carboxylic acid groups (broad SMARTS) is 1. The van der Waals surface area contributed by atoms with Crippen LogP contribution in [-0.2, 0) is 32.5 Å². The number of aromatic nitrogens is 1. The highest BCUT2D eigenvalue weighted by Gasteiger charge is 2.44. The molecule has 1 unspecified atom stereocenters. The molecule has 0 fully saturated rings. The molecule has 142 valence electrons. The number of aliphatic carboxylic acids is 1. The molecule has 0 bridgehead atoms. The number of nitrogens with one attached hydrogen (secondary N) is 1. The van der Waals surface area contributed by atoms with Gasteiger partial charge in [-0.25, -0.2) is 0 Å². The van der Waals surface area contributed by atoms with Crippen LogP contribution in [0.2, 0.25) is 5.02 Å². The number of methoxy groups -OCH3 is 1. The van der Waals surface area contributed by atoms with Gasteiger partial charge in [0.05, 0.1) is 34.8 Å². The van der Waals surface area contributed by atoms with E-state index in [1.54, 1.807) is 0 Å². The van der Waals surface area contributed by atoms with Crippen LogP contribution in [0, 0.1) is 0 Å². The number of hydrogen-bond donors (Lipinski definition) is 2. The largest absolute Gasteiger partial charge is 0.481 e. The lowest BCUT2D eigenvalue weighted by atomic mass is 9.85. The van der Waals surface area contributed by atoms with Crippen LogP contribution >= 0.6 is 11.6 Å². The second-order valence-corrected chi connectivity index (χ2v) is 6.63. The maximum absolute atomic E-state index is 13.5. The smallest absolute Gasteiger partial charge is 0.417 e. The molecule has 0 saturated carbocycles. The van der Waals surface area contributed by atoms with E-state index < -0.39 is 29.7 Å². The molecule has 0 radical (unpaired) electrons. The van der Waals surface area contributed by atoms with Crippen LogP contribution in [0.1, 0.15) is 29.7 Å². The molecule has 2 aromatic rings. The molecule has 2 N–H and O–H groups in total. The standard InChI is InChI=1S/C17H17ClF3NO4/c1-25-7-5-16(8-12(23)24)15-9(4-6-26-16)13-10(17(19,20)21)2-3-11(18)14(13)22-15/h2-3,22H,4-8H2,1H3,(H,23,24). The van der Waals surface area contributed by atoms with Gasteiger partial charge in [0.15, 0.2) is 0 Å². The zero-order chi connectivity index (χ0) is 19.1. The zero-order valence-corrected chi connectivity index (χ0v) is 14.6. The summed E-state index contributed by atoms with van der Waals surface area (Å²) in [6, 6.07) is 2.13. The van der Waals surface area contributed by atoms with Gasteiger partial charge in [0, 0.05) is 25.5 Å². The molecule has 0 saturated heterocycles. The minimum atomic E-state index is -4.56. The molecule has 0 amide bonds. The Kier molecular flexibility index (Phi) is 4.94. The fourth-order valence-corrected chi connectivity index (χ4v) is 3.78. The molecule has 3 rings (SSSR count). The topological polar surface area (TPSA) is 71.6 Å². The quantitative estimate of drug-likeness (QED) is 0.804. The summed E-state index contributed by atoms with van der Waals surface area (Å²) < 4.78 is 51.3. The van der Waals surface area contributed by atoms with Crippen LogP contribution in [0.25, 0.3) is 10.9 Å². The van der Waals surface area contributed by atoms with Crippen LogP contribution in [0.5, 0.6) is 0 Å². The highest BCUT2D eigenvalue weighted by atomic mass is 35.5. The van der Waals surface area contributed by atoms with Gasteiger partial charge in [0.1, 0.15) is 5.60 Å². The Hall–Kier alpha value is -1.77. The third kappa shape index (κ3) is 3.17. The number of carboxylic acids is 1. The van der Waals surface area contributed by atoms with Crippen molar-refractivity contribution in [1.82, 2.24) is 4.98 Å². The summed E-state index contributed by atoms with van der Waals surface area (Å²) in [6.45, 7) is 0.308. The fraction of sp³-hybridized carbons (Fsp3) is 0.471. The second kappa shape index (κ2) is 6.75. The number of halogens is 4. The first-order valence-corrected chi connectivity index (χ1v) is 8.33. The lowest BCUT2D eigenvalue weighted by Crippen LogP contribution is -2.39. The third-order valence-electron chi connectivity index (χ3n) is 4.65. The number of carbonyl (C=O) groups is 1. The first-order chi connectivity index (χ1) is 12.2.